The lowest BCUT2D eigenvalue weighted by Crippen LogP contribution is -2.31. The Bertz CT molecular complexity index is 1060. The molecule has 0 saturated heterocycles. The van der Waals surface area contributed by atoms with Crippen LogP contribution >= 0.6 is 0 Å². The smallest absolute Gasteiger partial charge is 0.304 e. The molecule has 9 heteroatoms. The van der Waals surface area contributed by atoms with Gasteiger partial charge in [-0.1, -0.05) is 12.1 Å². The Morgan fingerprint density at radius 1 is 1.08 bits per heavy atom. The van der Waals surface area contributed by atoms with Gasteiger partial charge < -0.3 is 4.98 Å². The minimum atomic E-state index is -3.57. The van der Waals surface area contributed by atoms with E-state index in [1.54, 1.807) is 24.3 Å². The Hall–Kier alpha value is -2.91. The second-order valence-corrected chi connectivity index (χ2v) is 6.84. The third-order valence-electron chi connectivity index (χ3n) is 3.50. The van der Waals surface area contributed by atoms with Crippen molar-refractivity contribution >= 4 is 27.0 Å². The van der Waals surface area contributed by atoms with Gasteiger partial charge in [0.2, 0.25) is 10.0 Å². The van der Waals surface area contributed by atoms with Crippen LogP contribution in [0.3, 0.4) is 0 Å². The van der Waals surface area contributed by atoms with Crippen molar-refractivity contribution in [1.29, 1.82) is 0 Å². The van der Waals surface area contributed by atoms with Crippen LogP contribution < -0.4 is 15.8 Å². The van der Waals surface area contributed by atoms with E-state index in [1.165, 1.54) is 31.3 Å². The van der Waals surface area contributed by atoms with E-state index in [1.807, 2.05) is 0 Å². The zero-order chi connectivity index (χ0) is 17.3. The molecule has 0 aliphatic carbocycles. The molecule has 0 aliphatic rings. The minimum absolute atomic E-state index is 0.0470. The predicted molar refractivity (Wildman–Crippen MR) is 88.9 cm³/mol. The number of aromatic nitrogens is 2. The number of aromatic amines is 1. The molecule has 0 unspecified atom stereocenters. The molecule has 3 aromatic rings. The second-order valence-electron chi connectivity index (χ2n) is 4.96. The SMILES string of the molecule is CNS(=O)(=O)c1ccc(C(=O)Nn2c(=O)[nH]c3ccccc32)cc1. The highest BCUT2D eigenvalue weighted by Crippen LogP contribution is 2.11. The summed E-state index contributed by atoms with van der Waals surface area (Å²) in [6.07, 6.45) is 0. The molecular weight excluding hydrogens is 332 g/mol. The topological polar surface area (TPSA) is 113 Å². The van der Waals surface area contributed by atoms with Crippen LogP contribution in [0.4, 0.5) is 0 Å². The van der Waals surface area contributed by atoms with Crippen LogP contribution in [0, 0.1) is 0 Å². The lowest BCUT2D eigenvalue weighted by Gasteiger charge is -2.07. The Kier molecular flexibility index (Phi) is 3.96. The Morgan fingerprint density at radius 3 is 2.42 bits per heavy atom. The summed E-state index contributed by atoms with van der Waals surface area (Å²) >= 11 is 0. The number of rotatable bonds is 4. The second kappa shape index (κ2) is 5.95. The van der Waals surface area contributed by atoms with Crippen LogP contribution in [-0.2, 0) is 10.0 Å². The van der Waals surface area contributed by atoms with Gasteiger partial charge in [-0.2, -0.15) is 0 Å². The zero-order valence-electron chi connectivity index (χ0n) is 12.6. The van der Waals surface area contributed by atoms with E-state index in [4.69, 9.17) is 0 Å². The first-order chi connectivity index (χ1) is 11.4. The third kappa shape index (κ3) is 2.82. The number of para-hydroxylation sites is 2. The normalized spacial score (nSPS) is 11.5. The fourth-order valence-corrected chi connectivity index (χ4v) is 2.97. The van der Waals surface area contributed by atoms with Crippen molar-refractivity contribution in [3.05, 3.63) is 64.6 Å². The van der Waals surface area contributed by atoms with Gasteiger partial charge in [0.15, 0.2) is 0 Å². The average molecular weight is 346 g/mol. The van der Waals surface area contributed by atoms with Gasteiger partial charge in [-0.3, -0.25) is 10.2 Å². The standard InChI is InChI=1S/C15H14N4O4S/c1-16-24(22,23)11-8-6-10(7-9-11)14(20)18-19-13-5-3-2-4-12(13)17-15(19)21/h2-9,16H,1H3,(H,17,21)(H,18,20). The average Bonchev–Trinajstić information content (AvgIpc) is 2.90. The summed E-state index contributed by atoms with van der Waals surface area (Å²) < 4.78 is 26.6. The van der Waals surface area contributed by atoms with Crippen LogP contribution in [-0.4, -0.2) is 31.0 Å². The number of H-pyrrole nitrogens is 1. The molecule has 0 saturated carbocycles. The number of sulfonamides is 1. The number of benzene rings is 2. The van der Waals surface area contributed by atoms with Gasteiger partial charge in [0.05, 0.1) is 15.9 Å². The highest BCUT2D eigenvalue weighted by atomic mass is 32.2. The van der Waals surface area contributed by atoms with Crippen molar-refractivity contribution in [1.82, 2.24) is 14.4 Å². The minimum Gasteiger partial charge on any atom is -0.304 e. The zero-order valence-corrected chi connectivity index (χ0v) is 13.4. The maximum absolute atomic E-state index is 12.3. The van der Waals surface area contributed by atoms with Gasteiger partial charge in [0.1, 0.15) is 0 Å². The van der Waals surface area contributed by atoms with Crippen molar-refractivity contribution in [2.45, 2.75) is 4.90 Å². The molecule has 3 rings (SSSR count). The first-order valence-corrected chi connectivity index (χ1v) is 8.45. The summed E-state index contributed by atoms with van der Waals surface area (Å²) in [5, 5.41) is 0. The predicted octanol–water partition coefficient (Wildman–Crippen LogP) is 0.622. The Balaban J connectivity index is 1.90. The number of hydrogen-bond donors (Lipinski definition) is 3. The van der Waals surface area contributed by atoms with E-state index >= 15 is 0 Å². The number of nitrogens with zero attached hydrogens (tertiary/aromatic N) is 1. The van der Waals surface area contributed by atoms with Crippen LogP contribution in [0.15, 0.2) is 58.2 Å². The molecule has 3 N–H and O–H groups in total. The van der Waals surface area contributed by atoms with Crippen molar-refractivity contribution in [2.24, 2.45) is 0 Å². The molecule has 0 atom stereocenters. The number of fused-ring (bicyclic) bond motifs is 1. The molecule has 0 aliphatic heterocycles. The number of carbonyl (C=O) groups excluding carboxylic acids is 1. The fourth-order valence-electron chi connectivity index (χ4n) is 2.24. The molecule has 1 heterocycles. The highest BCUT2D eigenvalue weighted by molar-refractivity contribution is 7.89. The number of imidazole rings is 1. The molecule has 124 valence electrons. The molecule has 0 fully saturated rings. The first kappa shape index (κ1) is 16.0. The molecule has 0 radical (unpaired) electrons. The van der Waals surface area contributed by atoms with E-state index in [-0.39, 0.29) is 10.5 Å². The van der Waals surface area contributed by atoms with Gasteiger partial charge in [-0.25, -0.2) is 22.6 Å². The molecule has 0 spiro atoms. The number of hydrogen-bond acceptors (Lipinski definition) is 4. The van der Waals surface area contributed by atoms with E-state index in [0.29, 0.717) is 11.0 Å². The molecule has 8 nitrogen and oxygen atoms in total. The summed E-state index contributed by atoms with van der Waals surface area (Å²) in [4.78, 5) is 26.9. The van der Waals surface area contributed by atoms with Crippen LogP contribution in [0.1, 0.15) is 10.4 Å². The van der Waals surface area contributed by atoms with Crippen LogP contribution in [0.5, 0.6) is 0 Å². The molecular formula is C15H14N4O4S. The van der Waals surface area contributed by atoms with Crippen LogP contribution in [0.25, 0.3) is 11.0 Å². The van der Waals surface area contributed by atoms with Gasteiger partial charge >= 0.3 is 5.69 Å². The number of carbonyl (C=O) groups is 1. The number of amides is 1. The van der Waals surface area contributed by atoms with Gasteiger partial charge in [-0.05, 0) is 43.4 Å². The van der Waals surface area contributed by atoms with Gasteiger partial charge in [0, 0.05) is 5.56 Å². The summed E-state index contributed by atoms with van der Waals surface area (Å²) in [6.45, 7) is 0. The van der Waals surface area contributed by atoms with E-state index in [9.17, 15) is 18.0 Å². The van der Waals surface area contributed by atoms with E-state index in [0.717, 1.165) is 4.68 Å². The summed E-state index contributed by atoms with van der Waals surface area (Å²) in [5.41, 5.74) is 3.37. The van der Waals surface area contributed by atoms with Crippen molar-refractivity contribution in [2.75, 3.05) is 12.5 Å². The van der Waals surface area contributed by atoms with Crippen LogP contribution in [0.2, 0.25) is 0 Å². The molecule has 0 bridgehead atoms. The largest absolute Gasteiger partial charge is 0.345 e. The number of nitrogens with one attached hydrogen (secondary N) is 3. The summed E-state index contributed by atoms with van der Waals surface area (Å²) in [5.74, 6) is -0.532. The third-order valence-corrected chi connectivity index (χ3v) is 4.93. The van der Waals surface area contributed by atoms with Crippen molar-refractivity contribution in [3.8, 4) is 0 Å². The summed E-state index contributed by atoms with van der Waals surface area (Å²) in [7, 11) is -2.26. The lowest BCUT2D eigenvalue weighted by atomic mass is 10.2. The Labute approximate surface area is 137 Å². The highest BCUT2D eigenvalue weighted by Gasteiger charge is 2.14. The lowest BCUT2D eigenvalue weighted by molar-refractivity contribution is 0.101. The monoisotopic (exact) mass is 346 g/mol. The van der Waals surface area contributed by atoms with Gasteiger partial charge in [-0.15, -0.1) is 0 Å². The quantitative estimate of drug-likeness (QED) is 0.643. The maximum atomic E-state index is 12.3. The summed E-state index contributed by atoms with van der Waals surface area (Å²) in [6, 6.07) is 12.3. The molecule has 24 heavy (non-hydrogen) atoms. The molecule has 1 aromatic heterocycles. The molecule has 1 amide bonds. The van der Waals surface area contributed by atoms with E-state index < -0.39 is 21.6 Å². The van der Waals surface area contributed by atoms with Crippen molar-refractivity contribution < 1.29 is 13.2 Å². The van der Waals surface area contributed by atoms with Gasteiger partial charge in [0.25, 0.3) is 5.91 Å². The first-order valence-electron chi connectivity index (χ1n) is 6.97. The van der Waals surface area contributed by atoms with E-state index in [2.05, 4.69) is 15.1 Å². The maximum Gasteiger partial charge on any atom is 0.345 e. The molecule has 2 aromatic carbocycles. The van der Waals surface area contributed by atoms with Crippen molar-refractivity contribution in [3.63, 3.8) is 0 Å². The Morgan fingerprint density at radius 2 is 1.75 bits per heavy atom. The fraction of sp³-hybridized carbons (Fsp3) is 0.0667.